The van der Waals surface area contributed by atoms with Crippen LogP contribution in [-0.4, -0.2) is 17.0 Å². The molecule has 2 heterocycles. The Bertz CT molecular complexity index is 967. The molecule has 22 heavy (non-hydrogen) atoms. The Morgan fingerprint density at radius 1 is 1.09 bits per heavy atom. The van der Waals surface area contributed by atoms with Crippen molar-refractivity contribution in [3.05, 3.63) is 80.5 Å². The lowest BCUT2D eigenvalue weighted by atomic mass is 10.1. The summed E-state index contributed by atoms with van der Waals surface area (Å²) in [6.45, 7) is 0. The molecule has 0 amide bonds. The van der Waals surface area contributed by atoms with Crippen LogP contribution in [-0.2, 0) is 0 Å². The minimum Gasteiger partial charge on any atom is -0.387 e. The topological polar surface area (TPSA) is 77.8 Å². The standard InChI is InChI=1S/C17H15N3O2/c1-18-15(10-12-6-4-8-19-16(12)21)13-9-11-5-2-3-7-14(11)20-17(13)22/h2-10,18H,1H3,(H,19,21)(H,20,22)/b15-10-. The second kappa shape index (κ2) is 5.73. The van der Waals surface area contributed by atoms with Gasteiger partial charge in [0.25, 0.3) is 11.1 Å². The Morgan fingerprint density at radius 2 is 1.91 bits per heavy atom. The molecule has 0 aliphatic heterocycles. The van der Waals surface area contributed by atoms with E-state index in [1.54, 1.807) is 31.5 Å². The lowest BCUT2D eigenvalue weighted by molar-refractivity contribution is 1.11. The number of hydrogen-bond acceptors (Lipinski definition) is 3. The molecule has 0 spiro atoms. The number of fused-ring (bicyclic) bond motifs is 1. The summed E-state index contributed by atoms with van der Waals surface area (Å²) >= 11 is 0. The van der Waals surface area contributed by atoms with E-state index in [0.717, 1.165) is 10.9 Å². The molecule has 0 saturated carbocycles. The quantitative estimate of drug-likeness (QED) is 0.690. The highest BCUT2D eigenvalue weighted by Crippen LogP contribution is 2.15. The van der Waals surface area contributed by atoms with Crippen LogP contribution in [0.3, 0.4) is 0 Å². The first-order chi connectivity index (χ1) is 10.7. The van der Waals surface area contributed by atoms with E-state index in [9.17, 15) is 9.59 Å². The molecule has 3 aromatic rings. The Morgan fingerprint density at radius 3 is 2.68 bits per heavy atom. The van der Waals surface area contributed by atoms with E-state index in [2.05, 4.69) is 15.3 Å². The first-order valence-corrected chi connectivity index (χ1v) is 6.88. The minimum absolute atomic E-state index is 0.201. The fourth-order valence-corrected chi connectivity index (χ4v) is 2.34. The predicted molar refractivity (Wildman–Crippen MR) is 88.6 cm³/mol. The van der Waals surface area contributed by atoms with Crippen LogP contribution >= 0.6 is 0 Å². The number of rotatable bonds is 3. The average Bonchev–Trinajstić information content (AvgIpc) is 2.54. The monoisotopic (exact) mass is 293 g/mol. The van der Waals surface area contributed by atoms with Crippen LogP contribution in [0.5, 0.6) is 0 Å². The molecule has 1 aromatic carbocycles. The van der Waals surface area contributed by atoms with E-state index in [0.29, 0.717) is 16.8 Å². The van der Waals surface area contributed by atoms with Gasteiger partial charge < -0.3 is 15.3 Å². The van der Waals surface area contributed by atoms with Crippen molar-refractivity contribution in [1.82, 2.24) is 15.3 Å². The van der Waals surface area contributed by atoms with E-state index < -0.39 is 0 Å². The largest absolute Gasteiger partial charge is 0.387 e. The number of H-pyrrole nitrogens is 2. The van der Waals surface area contributed by atoms with Crippen LogP contribution in [0, 0.1) is 0 Å². The van der Waals surface area contributed by atoms with Crippen molar-refractivity contribution in [2.75, 3.05) is 7.05 Å². The zero-order chi connectivity index (χ0) is 15.5. The van der Waals surface area contributed by atoms with Gasteiger partial charge in [-0.05, 0) is 35.7 Å². The predicted octanol–water partition coefficient (Wildman–Crippen LogP) is 1.93. The lowest BCUT2D eigenvalue weighted by Crippen LogP contribution is -2.18. The zero-order valence-electron chi connectivity index (χ0n) is 12.0. The van der Waals surface area contributed by atoms with E-state index in [4.69, 9.17) is 0 Å². The summed E-state index contributed by atoms with van der Waals surface area (Å²) in [4.78, 5) is 29.5. The number of aromatic amines is 2. The molecule has 0 unspecified atom stereocenters. The lowest BCUT2D eigenvalue weighted by Gasteiger charge is -2.08. The third kappa shape index (κ3) is 2.56. The molecule has 3 N–H and O–H groups in total. The molecule has 3 rings (SSSR count). The molecule has 0 atom stereocenters. The fourth-order valence-electron chi connectivity index (χ4n) is 2.34. The molecule has 110 valence electrons. The number of aromatic nitrogens is 2. The third-order valence-corrected chi connectivity index (χ3v) is 3.46. The molecule has 2 aromatic heterocycles. The minimum atomic E-state index is -0.202. The maximum atomic E-state index is 12.3. The number of para-hydroxylation sites is 1. The number of hydrogen-bond donors (Lipinski definition) is 3. The number of benzene rings is 1. The van der Waals surface area contributed by atoms with Crippen LogP contribution in [0.4, 0.5) is 0 Å². The van der Waals surface area contributed by atoms with Crippen LogP contribution in [0.15, 0.2) is 58.3 Å². The molecule has 5 heteroatoms. The molecule has 5 nitrogen and oxygen atoms in total. The first-order valence-electron chi connectivity index (χ1n) is 6.88. The average molecular weight is 293 g/mol. The van der Waals surface area contributed by atoms with E-state index >= 15 is 0 Å². The summed E-state index contributed by atoms with van der Waals surface area (Å²) < 4.78 is 0. The molecule has 0 saturated heterocycles. The van der Waals surface area contributed by atoms with Gasteiger partial charge >= 0.3 is 0 Å². The molecule has 0 aliphatic rings. The van der Waals surface area contributed by atoms with Crippen LogP contribution in [0.25, 0.3) is 22.7 Å². The molecular weight excluding hydrogens is 278 g/mol. The first kappa shape index (κ1) is 13.9. The zero-order valence-corrected chi connectivity index (χ0v) is 12.0. The third-order valence-electron chi connectivity index (χ3n) is 3.46. The van der Waals surface area contributed by atoms with Crippen LogP contribution < -0.4 is 16.4 Å². The van der Waals surface area contributed by atoms with Crippen molar-refractivity contribution in [2.24, 2.45) is 0 Å². The highest BCUT2D eigenvalue weighted by molar-refractivity contribution is 5.86. The van der Waals surface area contributed by atoms with Gasteiger partial charge in [0.2, 0.25) is 0 Å². The SMILES string of the molecule is CN/C(=C\c1ccc[nH]c1=O)c1cc2ccccc2[nH]c1=O. The summed E-state index contributed by atoms with van der Waals surface area (Å²) in [6.07, 6.45) is 3.24. The van der Waals surface area contributed by atoms with Gasteiger partial charge in [0.1, 0.15) is 0 Å². The summed E-state index contributed by atoms with van der Waals surface area (Å²) in [5, 5.41) is 3.92. The fraction of sp³-hybridized carbons (Fsp3) is 0.0588. The molecular formula is C17H15N3O2. The summed E-state index contributed by atoms with van der Waals surface area (Å²) in [6, 6.07) is 12.8. The van der Waals surface area contributed by atoms with Gasteiger partial charge in [-0.15, -0.1) is 0 Å². The highest BCUT2D eigenvalue weighted by atomic mass is 16.1. The van der Waals surface area contributed by atoms with Gasteiger partial charge in [-0.3, -0.25) is 9.59 Å². The summed E-state index contributed by atoms with van der Waals surface area (Å²) in [7, 11) is 1.72. The second-order valence-electron chi connectivity index (χ2n) is 4.86. The van der Waals surface area contributed by atoms with E-state index in [1.165, 1.54) is 0 Å². The van der Waals surface area contributed by atoms with Gasteiger partial charge in [-0.1, -0.05) is 18.2 Å². The summed E-state index contributed by atoms with van der Waals surface area (Å²) in [5.74, 6) is 0. The highest BCUT2D eigenvalue weighted by Gasteiger charge is 2.08. The normalized spacial score (nSPS) is 11.6. The molecule has 0 aliphatic carbocycles. The summed E-state index contributed by atoms with van der Waals surface area (Å²) in [5.41, 5.74) is 1.94. The Hall–Kier alpha value is -3.08. The number of nitrogens with one attached hydrogen (secondary N) is 3. The van der Waals surface area contributed by atoms with Gasteiger partial charge in [0.05, 0.1) is 5.56 Å². The molecule has 0 bridgehead atoms. The van der Waals surface area contributed by atoms with E-state index in [1.807, 2.05) is 30.3 Å². The molecule has 0 fully saturated rings. The maximum absolute atomic E-state index is 12.3. The Balaban J connectivity index is 2.19. The van der Waals surface area contributed by atoms with Crippen molar-refractivity contribution >= 4 is 22.7 Å². The van der Waals surface area contributed by atoms with Crippen molar-refractivity contribution in [2.45, 2.75) is 0 Å². The van der Waals surface area contributed by atoms with Crippen molar-refractivity contribution in [3.63, 3.8) is 0 Å². The van der Waals surface area contributed by atoms with Gasteiger partial charge in [0.15, 0.2) is 0 Å². The van der Waals surface area contributed by atoms with Crippen LogP contribution in [0.1, 0.15) is 11.1 Å². The van der Waals surface area contributed by atoms with Gasteiger partial charge in [0, 0.05) is 30.0 Å². The smallest absolute Gasteiger partial charge is 0.257 e. The molecule has 0 radical (unpaired) electrons. The maximum Gasteiger partial charge on any atom is 0.257 e. The van der Waals surface area contributed by atoms with Crippen LogP contribution in [0.2, 0.25) is 0 Å². The Labute approximate surface area is 126 Å². The number of pyridine rings is 2. The van der Waals surface area contributed by atoms with Crippen molar-refractivity contribution in [1.29, 1.82) is 0 Å². The van der Waals surface area contributed by atoms with Crippen molar-refractivity contribution < 1.29 is 0 Å². The van der Waals surface area contributed by atoms with Gasteiger partial charge in [-0.25, -0.2) is 0 Å². The second-order valence-corrected chi connectivity index (χ2v) is 4.86. The Kier molecular flexibility index (Phi) is 3.62. The van der Waals surface area contributed by atoms with E-state index in [-0.39, 0.29) is 11.1 Å². The van der Waals surface area contributed by atoms with Gasteiger partial charge in [-0.2, -0.15) is 0 Å². The van der Waals surface area contributed by atoms with Crippen molar-refractivity contribution in [3.8, 4) is 0 Å².